The van der Waals surface area contributed by atoms with Crippen LogP contribution in [0.25, 0.3) is 0 Å². The Hall–Kier alpha value is -2.05. The van der Waals surface area contributed by atoms with E-state index in [9.17, 15) is 22.8 Å². The molecule has 1 rings (SSSR count). The summed E-state index contributed by atoms with van der Waals surface area (Å²) in [6.07, 6.45) is -4.16. The highest BCUT2D eigenvalue weighted by atomic mass is 19.4. The third kappa shape index (κ3) is 5.09. The Morgan fingerprint density at radius 3 is 2.43 bits per heavy atom. The summed E-state index contributed by atoms with van der Waals surface area (Å²) in [4.78, 5) is 23.7. The Balaban J connectivity index is 3.07. The fraction of sp³-hybridized carbons (Fsp3) is 0.429. The van der Waals surface area contributed by atoms with Crippen LogP contribution in [0.4, 0.5) is 18.9 Å². The first-order valence-electron chi connectivity index (χ1n) is 6.45. The first-order valence-corrected chi connectivity index (χ1v) is 6.45. The largest absolute Gasteiger partial charge is 0.481 e. The van der Waals surface area contributed by atoms with Crippen molar-refractivity contribution < 1.29 is 27.9 Å². The van der Waals surface area contributed by atoms with E-state index >= 15 is 0 Å². The van der Waals surface area contributed by atoms with Crippen molar-refractivity contribution in [3.8, 4) is 0 Å². The highest BCUT2D eigenvalue weighted by Gasteiger charge is 2.31. The van der Waals surface area contributed by atoms with Gasteiger partial charge in [0.25, 0.3) is 0 Å². The van der Waals surface area contributed by atoms with Gasteiger partial charge in [0, 0.05) is 18.7 Å². The standard InChI is InChI=1S/C14H16F3NO3/c1-2-4-12(19)18(8-7-13(20)21)11-6-3-5-10(9-11)14(15,16)17/h3,5-6,9H,2,4,7-8H2,1H3,(H,20,21). The summed E-state index contributed by atoms with van der Waals surface area (Å²) in [6, 6.07) is 4.33. The molecule has 1 N–H and O–H groups in total. The van der Waals surface area contributed by atoms with Crippen molar-refractivity contribution in [1.29, 1.82) is 0 Å². The molecular formula is C14H16F3NO3. The highest BCUT2D eigenvalue weighted by Crippen LogP contribution is 2.31. The zero-order valence-electron chi connectivity index (χ0n) is 11.5. The van der Waals surface area contributed by atoms with E-state index in [1.54, 1.807) is 6.92 Å². The molecule has 0 aliphatic rings. The van der Waals surface area contributed by atoms with E-state index in [1.807, 2.05) is 0 Å². The minimum Gasteiger partial charge on any atom is -0.481 e. The second-order valence-electron chi connectivity index (χ2n) is 4.49. The smallest absolute Gasteiger partial charge is 0.416 e. The molecule has 1 amide bonds. The van der Waals surface area contributed by atoms with Crippen LogP contribution in [0.2, 0.25) is 0 Å². The lowest BCUT2D eigenvalue weighted by Gasteiger charge is -2.23. The number of hydrogen-bond acceptors (Lipinski definition) is 2. The lowest BCUT2D eigenvalue weighted by Crippen LogP contribution is -2.33. The molecule has 0 heterocycles. The predicted molar refractivity (Wildman–Crippen MR) is 71.0 cm³/mol. The molecule has 0 aliphatic carbocycles. The number of rotatable bonds is 6. The van der Waals surface area contributed by atoms with E-state index in [1.165, 1.54) is 12.1 Å². The number of aliphatic carboxylic acids is 1. The van der Waals surface area contributed by atoms with Crippen LogP contribution in [0, 0.1) is 0 Å². The van der Waals surface area contributed by atoms with Crippen molar-refractivity contribution >= 4 is 17.6 Å². The summed E-state index contributed by atoms with van der Waals surface area (Å²) < 4.78 is 38.1. The van der Waals surface area contributed by atoms with Crippen LogP contribution in [-0.4, -0.2) is 23.5 Å². The molecule has 0 spiro atoms. The second kappa shape index (κ2) is 7.10. The summed E-state index contributed by atoms with van der Waals surface area (Å²) in [5.74, 6) is -1.51. The molecule has 0 fully saturated rings. The topological polar surface area (TPSA) is 57.6 Å². The van der Waals surface area contributed by atoms with Gasteiger partial charge in [0.1, 0.15) is 0 Å². The molecule has 7 heteroatoms. The number of halogens is 3. The quantitative estimate of drug-likeness (QED) is 0.877. The van der Waals surface area contributed by atoms with Gasteiger partial charge in [-0.15, -0.1) is 0 Å². The fourth-order valence-corrected chi connectivity index (χ4v) is 1.80. The number of benzene rings is 1. The van der Waals surface area contributed by atoms with Gasteiger partial charge in [0.05, 0.1) is 12.0 Å². The number of carboxylic acids is 1. The summed E-state index contributed by atoms with van der Waals surface area (Å²) in [6.45, 7) is 1.61. The third-order valence-corrected chi connectivity index (χ3v) is 2.80. The molecule has 0 aromatic heterocycles. The van der Waals surface area contributed by atoms with E-state index in [0.29, 0.717) is 6.42 Å². The molecule has 0 radical (unpaired) electrons. The van der Waals surface area contributed by atoms with E-state index < -0.39 is 23.6 Å². The van der Waals surface area contributed by atoms with Crippen LogP contribution in [-0.2, 0) is 15.8 Å². The molecule has 0 saturated heterocycles. The molecule has 0 aliphatic heterocycles. The highest BCUT2D eigenvalue weighted by molar-refractivity contribution is 5.93. The van der Waals surface area contributed by atoms with Crippen molar-refractivity contribution in [1.82, 2.24) is 0 Å². The fourth-order valence-electron chi connectivity index (χ4n) is 1.80. The van der Waals surface area contributed by atoms with Gasteiger partial charge in [0.15, 0.2) is 0 Å². The van der Waals surface area contributed by atoms with Crippen molar-refractivity contribution in [3.05, 3.63) is 29.8 Å². The van der Waals surface area contributed by atoms with Crippen LogP contribution < -0.4 is 4.90 Å². The zero-order valence-corrected chi connectivity index (χ0v) is 11.5. The van der Waals surface area contributed by atoms with Gasteiger partial charge in [-0.05, 0) is 24.6 Å². The summed E-state index contributed by atoms with van der Waals surface area (Å²) in [7, 11) is 0. The molecule has 0 bridgehead atoms. The molecule has 0 unspecified atom stereocenters. The van der Waals surface area contributed by atoms with Gasteiger partial charge < -0.3 is 10.0 Å². The lowest BCUT2D eigenvalue weighted by molar-refractivity contribution is -0.138. The maximum absolute atomic E-state index is 12.7. The molecule has 0 atom stereocenters. The Kier molecular flexibility index (Phi) is 5.75. The Morgan fingerprint density at radius 2 is 1.90 bits per heavy atom. The molecule has 4 nitrogen and oxygen atoms in total. The maximum atomic E-state index is 12.7. The van der Waals surface area contributed by atoms with Crippen LogP contribution in [0.1, 0.15) is 31.7 Å². The number of carboxylic acid groups (broad SMARTS) is 1. The summed E-state index contributed by atoms with van der Waals surface area (Å²) >= 11 is 0. The number of nitrogens with zero attached hydrogens (tertiary/aromatic N) is 1. The zero-order chi connectivity index (χ0) is 16.0. The van der Waals surface area contributed by atoms with Gasteiger partial charge >= 0.3 is 12.1 Å². The first kappa shape index (κ1) is 17.0. The number of hydrogen-bond donors (Lipinski definition) is 1. The average molecular weight is 303 g/mol. The van der Waals surface area contributed by atoms with Crippen LogP contribution >= 0.6 is 0 Å². The molecule has 1 aromatic carbocycles. The van der Waals surface area contributed by atoms with Crippen LogP contribution in [0.15, 0.2) is 24.3 Å². The number of carbonyl (C=O) groups excluding carboxylic acids is 1. The first-order chi connectivity index (χ1) is 9.75. The molecular weight excluding hydrogens is 287 g/mol. The maximum Gasteiger partial charge on any atom is 0.416 e. The van der Waals surface area contributed by atoms with Crippen molar-refractivity contribution in [2.75, 3.05) is 11.4 Å². The Bertz CT molecular complexity index is 514. The van der Waals surface area contributed by atoms with Crippen LogP contribution in [0.3, 0.4) is 0 Å². The molecule has 1 aromatic rings. The Morgan fingerprint density at radius 1 is 1.24 bits per heavy atom. The minimum absolute atomic E-state index is 0.0597. The minimum atomic E-state index is -4.51. The second-order valence-corrected chi connectivity index (χ2v) is 4.49. The van der Waals surface area contributed by atoms with Gasteiger partial charge in [-0.3, -0.25) is 9.59 Å². The van der Waals surface area contributed by atoms with Gasteiger partial charge in [-0.1, -0.05) is 13.0 Å². The lowest BCUT2D eigenvalue weighted by atomic mass is 10.1. The molecule has 116 valence electrons. The summed E-state index contributed by atoms with van der Waals surface area (Å²) in [5, 5.41) is 8.69. The SMILES string of the molecule is CCCC(=O)N(CCC(=O)O)c1cccc(C(F)(F)F)c1. The normalized spacial score (nSPS) is 11.2. The predicted octanol–water partition coefficient (Wildman–Crippen LogP) is 3.31. The van der Waals surface area contributed by atoms with Crippen molar-refractivity contribution in [2.24, 2.45) is 0 Å². The van der Waals surface area contributed by atoms with E-state index in [-0.39, 0.29) is 25.1 Å². The van der Waals surface area contributed by atoms with Crippen LogP contribution in [0.5, 0.6) is 0 Å². The van der Waals surface area contributed by atoms with E-state index in [4.69, 9.17) is 5.11 Å². The van der Waals surface area contributed by atoms with Gasteiger partial charge in [-0.25, -0.2) is 0 Å². The van der Waals surface area contributed by atoms with Crippen molar-refractivity contribution in [3.63, 3.8) is 0 Å². The number of anilines is 1. The van der Waals surface area contributed by atoms with E-state index in [0.717, 1.165) is 17.0 Å². The van der Waals surface area contributed by atoms with E-state index in [2.05, 4.69) is 0 Å². The van der Waals surface area contributed by atoms with Crippen molar-refractivity contribution in [2.45, 2.75) is 32.4 Å². The number of amides is 1. The third-order valence-electron chi connectivity index (χ3n) is 2.80. The summed E-state index contributed by atoms with van der Waals surface area (Å²) in [5.41, 5.74) is -0.811. The van der Waals surface area contributed by atoms with Gasteiger partial charge in [-0.2, -0.15) is 13.2 Å². The average Bonchev–Trinajstić information content (AvgIpc) is 2.38. The molecule has 21 heavy (non-hydrogen) atoms. The Labute approximate surface area is 120 Å². The number of carbonyl (C=O) groups is 2. The van der Waals surface area contributed by atoms with Gasteiger partial charge in [0.2, 0.25) is 5.91 Å². The number of alkyl halides is 3. The monoisotopic (exact) mass is 303 g/mol. The molecule has 0 saturated carbocycles.